The van der Waals surface area contributed by atoms with Crippen LogP contribution in [0.3, 0.4) is 0 Å². The van der Waals surface area contributed by atoms with E-state index in [9.17, 15) is 0 Å². The van der Waals surface area contributed by atoms with Gasteiger partial charge in [0.25, 0.3) is 0 Å². The summed E-state index contributed by atoms with van der Waals surface area (Å²) in [6.07, 6.45) is 0. The molecule has 7 aromatic rings. The molecule has 0 N–H and O–H groups in total. The molecule has 0 radical (unpaired) electrons. The van der Waals surface area contributed by atoms with Crippen molar-refractivity contribution in [1.82, 2.24) is 7.94 Å². The third-order valence-electron chi connectivity index (χ3n) is 7.89. The van der Waals surface area contributed by atoms with Crippen molar-refractivity contribution in [2.75, 3.05) is 0 Å². The Morgan fingerprint density at radius 2 is 1.00 bits per heavy atom. The van der Waals surface area contributed by atoms with Gasteiger partial charge in [-0.3, -0.25) is 7.94 Å². The SMILES string of the molecule is c1ccc2c(c1)CS1(c3ccccc3-2)n2c3ccccc3c3ccc4c5ccccc5n1c4c32. The minimum absolute atomic E-state index is 1.01. The number of nitrogens with zero attached hydrogens (tertiary/aromatic N) is 2. The van der Waals surface area contributed by atoms with Crippen LogP contribution in [-0.4, -0.2) is 7.94 Å². The van der Waals surface area contributed by atoms with Crippen LogP contribution in [0.1, 0.15) is 5.56 Å². The number of benzene rings is 5. The Morgan fingerprint density at radius 1 is 0.471 bits per heavy atom. The van der Waals surface area contributed by atoms with Gasteiger partial charge in [0.2, 0.25) is 0 Å². The highest BCUT2D eigenvalue weighted by molar-refractivity contribution is 8.31. The van der Waals surface area contributed by atoms with Gasteiger partial charge in [-0.15, -0.1) is 0 Å². The first-order valence-electron chi connectivity index (χ1n) is 11.8. The van der Waals surface area contributed by atoms with Crippen LogP contribution in [-0.2, 0) is 5.75 Å². The van der Waals surface area contributed by atoms with Crippen molar-refractivity contribution >= 4 is 54.0 Å². The highest BCUT2D eigenvalue weighted by Crippen LogP contribution is 2.73. The normalized spacial score (nSPS) is 16.1. The largest absolute Gasteiger partial charge is 0.279 e. The first-order valence-corrected chi connectivity index (χ1v) is 13.5. The summed E-state index contributed by atoms with van der Waals surface area (Å²) < 4.78 is 5.50. The fourth-order valence-electron chi connectivity index (χ4n) is 6.64. The van der Waals surface area contributed by atoms with Gasteiger partial charge in [0.15, 0.2) is 0 Å². The highest BCUT2D eigenvalue weighted by Gasteiger charge is 2.45. The molecule has 2 aromatic heterocycles. The molecule has 0 saturated carbocycles. The summed E-state index contributed by atoms with van der Waals surface area (Å²) in [5.74, 6) is 1.01. The van der Waals surface area contributed by atoms with Gasteiger partial charge >= 0.3 is 0 Å². The van der Waals surface area contributed by atoms with E-state index in [4.69, 9.17) is 0 Å². The molecular weight excluding hydrogens is 432 g/mol. The van der Waals surface area contributed by atoms with Crippen molar-refractivity contribution in [3.63, 3.8) is 0 Å². The van der Waals surface area contributed by atoms with Gasteiger partial charge in [0.05, 0.1) is 22.1 Å². The highest BCUT2D eigenvalue weighted by atomic mass is 32.3. The average molecular weight is 453 g/mol. The Morgan fingerprint density at radius 3 is 1.68 bits per heavy atom. The van der Waals surface area contributed by atoms with E-state index in [1.165, 1.54) is 65.2 Å². The molecule has 0 amide bonds. The third-order valence-corrected chi connectivity index (χ3v) is 11.6. The van der Waals surface area contributed by atoms with E-state index in [0.29, 0.717) is 0 Å². The Kier molecular flexibility index (Phi) is 2.96. The molecule has 160 valence electrons. The smallest absolute Gasteiger partial charge is 0.0860 e. The zero-order valence-electron chi connectivity index (χ0n) is 18.4. The Hall–Kier alpha value is -3.95. The van der Waals surface area contributed by atoms with E-state index in [2.05, 4.69) is 117 Å². The molecule has 0 aliphatic carbocycles. The maximum absolute atomic E-state index is 2.75. The van der Waals surface area contributed by atoms with Gasteiger partial charge in [-0.05, 0) is 45.3 Å². The number of para-hydroxylation sites is 2. The molecule has 34 heavy (non-hydrogen) atoms. The molecule has 0 unspecified atom stereocenters. The van der Waals surface area contributed by atoms with Gasteiger partial charge < -0.3 is 0 Å². The van der Waals surface area contributed by atoms with Gasteiger partial charge in [-0.2, -0.15) is 0 Å². The molecule has 0 saturated heterocycles. The number of hydrogen-bond acceptors (Lipinski definition) is 0. The van der Waals surface area contributed by atoms with Crippen LogP contribution >= 0.6 is 10.4 Å². The fourth-order valence-corrected chi connectivity index (χ4v) is 11.1. The zero-order valence-corrected chi connectivity index (χ0v) is 19.2. The van der Waals surface area contributed by atoms with Crippen molar-refractivity contribution < 1.29 is 0 Å². The quantitative estimate of drug-likeness (QED) is 0.218. The van der Waals surface area contributed by atoms with E-state index in [0.717, 1.165) is 5.75 Å². The number of fused-ring (bicyclic) bond motifs is 12. The van der Waals surface area contributed by atoms with Crippen molar-refractivity contribution in [3.8, 4) is 11.1 Å². The molecule has 9 rings (SSSR count). The third kappa shape index (κ3) is 1.76. The van der Waals surface area contributed by atoms with E-state index in [-0.39, 0.29) is 0 Å². The first kappa shape index (κ1) is 17.5. The van der Waals surface area contributed by atoms with Crippen LogP contribution in [0.25, 0.3) is 54.7 Å². The van der Waals surface area contributed by atoms with Crippen molar-refractivity contribution in [2.45, 2.75) is 10.6 Å². The molecule has 2 aliphatic rings. The van der Waals surface area contributed by atoms with E-state index >= 15 is 0 Å². The topological polar surface area (TPSA) is 9.86 Å². The summed E-state index contributed by atoms with van der Waals surface area (Å²) in [7, 11) is -1.63. The lowest BCUT2D eigenvalue weighted by atomic mass is 10.0. The number of aromatic nitrogens is 2. The van der Waals surface area contributed by atoms with Crippen LogP contribution in [0.5, 0.6) is 0 Å². The second-order valence-electron chi connectivity index (χ2n) is 9.45. The minimum atomic E-state index is -1.63. The minimum Gasteiger partial charge on any atom is -0.279 e. The van der Waals surface area contributed by atoms with Crippen molar-refractivity contribution in [2.24, 2.45) is 0 Å². The zero-order chi connectivity index (χ0) is 22.0. The van der Waals surface area contributed by atoms with E-state index in [1.54, 1.807) is 0 Å². The van der Waals surface area contributed by atoms with Crippen molar-refractivity contribution in [3.05, 3.63) is 115 Å². The van der Waals surface area contributed by atoms with Crippen LogP contribution in [0.15, 0.2) is 114 Å². The second-order valence-corrected chi connectivity index (χ2v) is 12.2. The summed E-state index contributed by atoms with van der Waals surface area (Å²) in [6, 6.07) is 40.9. The lowest BCUT2D eigenvalue weighted by Gasteiger charge is -2.46. The maximum atomic E-state index is 2.75. The van der Waals surface area contributed by atoms with Crippen LogP contribution in [0.2, 0.25) is 0 Å². The Bertz CT molecular complexity index is 1910. The number of rotatable bonds is 0. The van der Waals surface area contributed by atoms with Crippen LogP contribution in [0, 0.1) is 0 Å². The molecule has 0 bridgehead atoms. The molecule has 2 nitrogen and oxygen atoms in total. The molecule has 5 aromatic carbocycles. The molecule has 3 heteroatoms. The molecule has 4 heterocycles. The van der Waals surface area contributed by atoms with Crippen LogP contribution in [0.4, 0.5) is 0 Å². The average Bonchev–Trinajstić information content (AvgIpc) is 3.51. The van der Waals surface area contributed by atoms with E-state index in [1.807, 2.05) is 0 Å². The van der Waals surface area contributed by atoms with Crippen LogP contribution < -0.4 is 0 Å². The Labute approximate surface area is 198 Å². The summed E-state index contributed by atoms with van der Waals surface area (Å²) in [5.41, 5.74) is 9.71. The summed E-state index contributed by atoms with van der Waals surface area (Å²) in [6.45, 7) is 0. The van der Waals surface area contributed by atoms with Gasteiger partial charge in [-0.1, -0.05) is 91.0 Å². The Balaban J connectivity index is 1.61. The standard InChI is InChI=1S/C31H20N2S/c1-2-10-21-20(9-1)19-34(29-16-8-5-13-24(21)29)32-27-14-6-3-11-22(27)25-17-18-26-23-12-4-7-15-28(23)33(34)31(26)30(25)32/h1-18H,19H2. The van der Waals surface area contributed by atoms with Crippen molar-refractivity contribution in [1.29, 1.82) is 0 Å². The molecule has 2 aliphatic heterocycles. The first-order chi connectivity index (χ1) is 16.9. The predicted octanol–water partition coefficient (Wildman–Crippen LogP) is 8.49. The summed E-state index contributed by atoms with van der Waals surface area (Å²) in [5, 5.41) is 5.46. The predicted molar refractivity (Wildman–Crippen MR) is 145 cm³/mol. The lowest BCUT2D eigenvalue weighted by molar-refractivity contribution is 1.17. The monoisotopic (exact) mass is 452 g/mol. The van der Waals surface area contributed by atoms with Gasteiger partial charge in [0.1, 0.15) is 0 Å². The number of hydrogen-bond donors (Lipinski definition) is 0. The second kappa shape index (κ2) is 5.75. The molecule has 0 atom stereocenters. The lowest BCUT2D eigenvalue weighted by Crippen LogP contribution is -2.21. The molecule has 0 fully saturated rings. The molecule has 1 spiro atoms. The van der Waals surface area contributed by atoms with Gasteiger partial charge in [0, 0.05) is 32.2 Å². The summed E-state index contributed by atoms with van der Waals surface area (Å²) >= 11 is 0. The fraction of sp³-hybridized carbons (Fsp3) is 0.0323. The van der Waals surface area contributed by atoms with E-state index < -0.39 is 10.4 Å². The maximum Gasteiger partial charge on any atom is 0.0860 e. The summed E-state index contributed by atoms with van der Waals surface area (Å²) in [4.78, 5) is 1.47. The van der Waals surface area contributed by atoms with Gasteiger partial charge in [-0.25, -0.2) is 0 Å². The molecular formula is C31H20N2S.